The summed E-state index contributed by atoms with van der Waals surface area (Å²) in [5, 5.41) is 4.78. The smallest absolute Gasteiger partial charge is 0.135 e. The van der Waals surface area contributed by atoms with Crippen molar-refractivity contribution >= 4 is 70.4 Å². The van der Waals surface area contributed by atoms with Crippen molar-refractivity contribution in [3.8, 4) is 28.6 Å². The van der Waals surface area contributed by atoms with Gasteiger partial charge in [-0.25, -0.2) is 4.98 Å². The Kier molecular flexibility index (Phi) is 8.33. The molecule has 54 heavy (non-hydrogen) atoms. The minimum Gasteiger partial charge on any atom is -0.504 e. The molecule has 0 saturated carbocycles. The molecule has 0 atom stereocenters. The molecule has 1 aliphatic rings. The molecule has 10 rings (SSSR count). The van der Waals surface area contributed by atoms with Crippen LogP contribution in [0.5, 0.6) is 11.6 Å². The van der Waals surface area contributed by atoms with Gasteiger partial charge in [0.1, 0.15) is 11.7 Å². The number of nitrogens with zero attached hydrogens (tertiary/aromatic N) is 5. The summed E-state index contributed by atoms with van der Waals surface area (Å²) in [6.07, 6.45) is 3.66. The number of aromatic nitrogens is 3. The van der Waals surface area contributed by atoms with Crippen molar-refractivity contribution in [3.05, 3.63) is 152 Å². The summed E-state index contributed by atoms with van der Waals surface area (Å²) in [7, 11) is 2.04. The zero-order valence-electron chi connectivity index (χ0n) is 30.1. The van der Waals surface area contributed by atoms with E-state index in [-0.39, 0.29) is 26.5 Å². The van der Waals surface area contributed by atoms with Crippen molar-refractivity contribution < 1.29 is 25.8 Å². The molecule has 268 valence electrons. The van der Waals surface area contributed by atoms with Crippen LogP contribution >= 0.6 is 11.3 Å². The molecule has 0 saturated heterocycles. The minimum absolute atomic E-state index is 0. The van der Waals surface area contributed by atoms with Crippen LogP contribution in [-0.4, -0.2) is 21.6 Å². The average molecular weight is 900 g/mol. The quantitative estimate of drug-likeness (QED) is 0.161. The van der Waals surface area contributed by atoms with Gasteiger partial charge in [-0.05, 0) is 77.1 Å². The summed E-state index contributed by atoms with van der Waals surface area (Å²) in [4.78, 5) is 13.6. The predicted molar refractivity (Wildman–Crippen MR) is 219 cm³/mol. The van der Waals surface area contributed by atoms with Gasteiger partial charge in [-0.2, -0.15) is 30.6 Å². The third-order valence-corrected chi connectivity index (χ3v) is 11.4. The molecule has 0 radical (unpaired) electrons. The standard InChI is InChI=1S/C46H34N5OS.Pt/c1-46(2,3)30-20-22-47-43(25-30)51-38-19-16-29(33-11-9-12-36-35-10-5-8-15-42(35)53-45(33)36)24-37(38)34-18-17-32(27-41(34)51)52-44-26-31(21-23-48-44)50-28-49(4)39-13-6-7-14-40(39)50;/h5-25,28H,1-4H3;/q-3;. The maximum absolute atomic E-state index is 6.43. The molecule has 4 aromatic heterocycles. The van der Waals surface area contributed by atoms with Crippen molar-refractivity contribution in [3.63, 3.8) is 0 Å². The number of hydrogen-bond donors (Lipinski definition) is 0. The maximum Gasteiger partial charge on any atom is 0.135 e. The normalized spacial score (nSPS) is 12.9. The zero-order chi connectivity index (χ0) is 35.8. The summed E-state index contributed by atoms with van der Waals surface area (Å²) in [5.74, 6) is 1.75. The Morgan fingerprint density at radius 1 is 0.722 bits per heavy atom. The summed E-state index contributed by atoms with van der Waals surface area (Å²) < 4.78 is 11.2. The Morgan fingerprint density at radius 3 is 2.39 bits per heavy atom. The van der Waals surface area contributed by atoms with Gasteiger partial charge >= 0.3 is 0 Å². The molecule has 5 aromatic carbocycles. The fourth-order valence-electron chi connectivity index (χ4n) is 7.48. The van der Waals surface area contributed by atoms with Crippen LogP contribution in [0.25, 0.3) is 58.9 Å². The Labute approximate surface area is 332 Å². The molecule has 8 heteroatoms. The molecule has 6 nitrogen and oxygen atoms in total. The molecule has 0 amide bonds. The van der Waals surface area contributed by atoms with Crippen molar-refractivity contribution in [2.24, 2.45) is 0 Å². The second-order valence-corrected chi connectivity index (χ2v) is 15.6. The van der Waals surface area contributed by atoms with E-state index in [1.807, 2.05) is 55.5 Å². The van der Waals surface area contributed by atoms with Gasteiger partial charge in [0.25, 0.3) is 0 Å². The molecular formula is C46H34N5OPtS-3. The SMILES string of the molecule is CN1[CH-]N(c2[c-]c(Oc3[c-]c4c(cc3)c3cc(-c5cccc6c5sc5ccccc56)ccc3n4-c3cc(C(C)(C)C)ccn3)ncc2)c2ccccc21.[Pt]. The molecule has 0 unspecified atom stereocenters. The summed E-state index contributed by atoms with van der Waals surface area (Å²) >= 11 is 1.85. The number of thiophene rings is 1. The molecule has 1 aliphatic heterocycles. The first-order valence-electron chi connectivity index (χ1n) is 17.7. The van der Waals surface area contributed by atoms with Crippen LogP contribution in [0.15, 0.2) is 128 Å². The topological polar surface area (TPSA) is 46.4 Å². The molecule has 0 N–H and O–H groups in total. The van der Waals surface area contributed by atoms with E-state index in [1.54, 1.807) is 6.20 Å². The summed E-state index contributed by atoms with van der Waals surface area (Å²) in [6, 6.07) is 47.7. The first kappa shape index (κ1) is 34.3. The number of para-hydroxylation sites is 2. The van der Waals surface area contributed by atoms with Crippen LogP contribution in [0, 0.1) is 18.8 Å². The maximum atomic E-state index is 6.43. The van der Waals surface area contributed by atoms with Crippen LogP contribution in [-0.2, 0) is 26.5 Å². The van der Waals surface area contributed by atoms with Gasteiger partial charge in [0.2, 0.25) is 0 Å². The fraction of sp³-hybridized carbons (Fsp3) is 0.109. The van der Waals surface area contributed by atoms with E-state index >= 15 is 0 Å². The zero-order valence-corrected chi connectivity index (χ0v) is 33.2. The van der Waals surface area contributed by atoms with Crippen LogP contribution < -0.4 is 14.5 Å². The van der Waals surface area contributed by atoms with Gasteiger partial charge < -0.3 is 19.1 Å². The van der Waals surface area contributed by atoms with E-state index in [1.165, 1.54) is 36.9 Å². The second-order valence-electron chi connectivity index (χ2n) is 14.5. The molecule has 0 fully saturated rings. The second kappa shape index (κ2) is 13.1. The number of fused-ring (bicyclic) bond motifs is 7. The van der Waals surface area contributed by atoms with Crippen LogP contribution in [0.2, 0.25) is 0 Å². The Hall–Kier alpha value is -5.49. The first-order chi connectivity index (χ1) is 25.8. The Bertz CT molecular complexity index is 2890. The minimum atomic E-state index is -0.0425. The predicted octanol–water partition coefficient (Wildman–Crippen LogP) is 12.0. The van der Waals surface area contributed by atoms with E-state index in [2.05, 4.69) is 143 Å². The average Bonchev–Trinajstić information content (AvgIpc) is 3.83. The largest absolute Gasteiger partial charge is 0.504 e. The van der Waals surface area contributed by atoms with Crippen molar-refractivity contribution in [1.82, 2.24) is 14.5 Å². The molecular weight excluding hydrogens is 866 g/mol. The fourth-order valence-corrected chi connectivity index (χ4v) is 8.72. The van der Waals surface area contributed by atoms with Gasteiger partial charge in [-0.15, -0.1) is 28.9 Å². The van der Waals surface area contributed by atoms with Gasteiger partial charge in [0, 0.05) is 70.1 Å². The monoisotopic (exact) mass is 899 g/mol. The third kappa shape index (κ3) is 5.66. The van der Waals surface area contributed by atoms with Crippen LogP contribution in [0.3, 0.4) is 0 Å². The molecule has 0 aliphatic carbocycles. The van der Waals surface area contributed by atoms with Gasteiger partial charge in [0.05, 0.1) is 0 Å². The van der Waals surface area contributed by atoms with E-state index in [0.29, 0.717) is 11.6 Å². The van der Waals surface area contributed by atoms with Crippen LogP contribution in [0.1, 0.15) is 26.3 Å². The number of rotatable bonds is 5. The van der Waals surface area contributed by atoms with E-state index in [9.17, 15) is 0 Å². The molecule has 0 bridgehead atoms. The van der Waals surface area contributed by atoms with Crippen molar-refractivity contribution in [2.75, 3.05) is 16.8 Å². The third-order valence-electron chi connectivity index (χ3n) is 10.1. The summed E-state index contributed by atoms with van der Waals surface area (Å²) in [5.41, 5.74) is 8.55. The van der Waals surface area contributed by atoms with E-state index < -0.39 is 0 Å². The number of pyridine rings is 2. The van der Waals surface area contributed by atoms with E-state index in [4.69, 9.17) is 9.72 Å². The van der Waals surface area contributed by atoms with E-state index in [0.717, 1.165) is 44.7 Å². The van der Waals surface area contributed by atoms with Gasteiger partial charge in [-0.1, -0.05) is 87.0 Å². The number of hydrogen-bond acceptors (Lipinski definition) is 6. The van der Waals surface area contributed by atoms with Crippen molar-refractivity contribution in [1.29, 1.82) is 0 Å². The number of ether oxygens (including phenoxy) is 1. The number of benzene rings is 5. The molecule has 9 aromatic rings. The van der Waals surface area contributed by atoms with Crippen LogP contribution in [0.4, 0.5) is 17.1 Å². The molecule has 5 heterocycles. The number of anilines is 3. The first-order valence-corrected chi connectivity index (χ1v) is 18.5. The Balaban J connectivity index is 0.00000384. The summed E-state index contributed by atoms with van der Waals surface area (Å²) in [6.45, 7) is 8.73. The van der Waals surface area contributed by atoms with Gasteiger partial charge in [0.15, 0.2) is 0 Å². The molecule has 0 spiro atoms. The van der Waals surface area contributed by atoms with Crippen molar-refractivity contribution in [2.45, 2.75) is 26.2 Å². The Morgan fingerprint density at radius 2 is 1.52 bits per heavy atom. The van der Waals surface area contributed by atoms with Gasteiger partial charge in [-0.3, -0.25) is 4.98 Å².